The molecule has 0 atom stereocenters. The van der Waals surface area contributed by atoms with Crippen LogP contribution in [0.15, 0.2) is 24.3 Å². The zero-order valence-electron chi connectivity index (χ0n) is 10.4. The number of carboxylic acid groups (broad SMARTS) is 1. The molecule has 1 saturated heterocycles. The van der Waals surface area contributed by atoms with Crippen LogP contribution in [0.2, 0.25) is 0 Å². The quantitative estimate of drug-likeness (QED) is 0.846. The van der Waals surface area contributed by atoms with Crippen molar-refractivity contribution in [3.8, 4) is 0 Å². The smallest absolute Gasteiger partial charge is 0.320 e. The SMILES string of the molecule is O=C(O)CS(=O)(=O)Nc1cccc(N2CCCC2)c1. The van der Waals surface area contributed by atoms with Crippen LogP contribution in [-0.4, -0.2) is 38.3 Å². The van der Waals surface area contributed by atoms with E-state index in [0.29, 0.717) is 5.69 Å². The molecule has 1 aromatic rings. The molecule has 0 spiro atoms. The molecule has 2 rings (SSSR count). The zero-order valence-corrected chi connectivity index (χ0v) is 11.2. The van der Waals surface area contributed by atoms with Crippen molar-refractivity contribution in [1.29, 1.82) is 0 Å². The third-order valence-electron chi connectivity index (χ3n) is 2.90. The highest BCUT2D eigenvalue weighted by atomic mass is 32.2. The molecule has 0 aliphatic carbocycles. The highest BCUT2D eigenvalue weighted by molar-refractivity contribution is 7.93. The fourth-order valence-corrected chi connectivity index (χ4v) is 3.00. The number of aliphatic carboxylic acids is 1. The predicted molar refractivity (Wildman–Crippen MR) is 72.9 cm³/mol. The third kappa shape index (κ3) is 3.85. The van der Waals surface area contributed by atoms with Crippen molar-refractivity contribution in [2.24, 2.45) is 0 Å². The van der Waals surface area contributed by atoms with Gasteiger partial charge in [-0.05, 0) is 31.0 Å². The van der Waals surface area contributed by atoms with Crippen LogP contribution in [0.1, 0.15) is 12.8 Å². The van der Waals surface area contributed by atoms with Gasteiger partial charge in [-0.3, -0.25) is 9.52 Å². The zero-order chi connectivity index (χ0) is 13.9. The van der Waals surface area contributed by atoms with Crippen LogP contribution in [0.3, 0.4) is 0 Å². The molecule has 0 amide bonds. The van der Waals surface area contributed by atoms with E-state index in [1.54, 1.807) is 18.2 Å². The van der Waals surface area contributed by atoms with Gasteiger partial charge in [-0.25, -0.2) is 8.42 Å². The molecule has 1 aliphatic rings. The summed E-state index contributed by atoms with van der Waals surface area (Å²) in [5.74, 6) is -2.30. The molecular weight excluding hydrogens is 268 g/mol. The third-order valence-corrected chi connectivity index (χ3v) is 4.08. The van der Waals surface area contributed by atoms with E-state index in [0.717, 1.165) is 31.6 Å². The molecule has 1 aromatic carbocycles. The summed E-state index contributed by atoms with van der Waals surface area (Å²) in [5, 5.41) is 8.53. The second-order valence-electron chi connectivity index (χ2n) is 4.50. The maximum absolute atomic E-state index is 11.5. The Balaban J connectivity index is 2.12. The van der Waals surface area contributed by atoms with E-state index in [1.165, 1.54) is 0 Å². The first-order chi connectivity index (χ1) is 8.96. The fraction of sp³-hybridized carbons (Fsp3) is 0.417. The first-order valence-corrected chi connectivity index (χ1v) is 7.69. The number of hydrogen-bond donors (Lipinski definition) is 2. The lowest BCUT2D eigenvalue weighted by Gasteiger charge is -2.18. The Bertz CT molecular complexity index is 565. The van der Waals surface area contributed by atoms with E-state index < -0.39 is 21.7 Å². The number of benzene rings is 1. The Kier molecular flexibility index (Phi) is 3.94. The standard InChI is InChI=1S/C12H16N2O4S/c15-12(16)9-19(17,18)13-10-4-3-5-11(8-10)14-6-1-2-7-14/h3-5,8,13H,1-2,6-7,9H2,(H,15,16). The molecule has 2 N–H and O–H groups in total. The van der Waals surface area contributed by atoms with Crippen LogP contribution in [0.25, 0.3) is 0 Å². The van der Waals surface area contributed by atoms with Crippen molar-refractivity contribution in [2.75, 3.05) is 28.5 Å². The minimum atomic E-state index is -3.84. The van der Waals surface area contributed by atoms with Crippen molar-refractivity contribution in [1.82, 2.24) is 0 Å². The average Bonchev–Trinajstić information content (AvgIpc) is 2.79. The van der Waals surface area contributed by atoms with Crippen molar-refractivity contribution < 1.29 is 18.3 Å². The molecule has 0 bridgehead atoms. The maximum atomic E-state index is 11.5. The molecule has 1 aliphatic heterocycles. The van der Waals surface area contributed by atoms with Crippen LogP contribution < -0.4 is 9.62 Å². The van der Waals surface area contributed by atoms with E-state index in [-0.39, 0.29) is 0 Å². The molecule has 104 valence electrons. The van der Waals surface area contributed by atoms with Gasteiger partial charge in [0.25, 0.3) is 0 Å². The number of nitrogens with zero attached hydrogens (tertiary/aromatic N) is 1. The van der Waals surface area contributed by atoms with Crippen LogP contribution in [0.5, 0.6) is 0 Å². The Hall–Kier alpha value is -1.76. The Morgan fingerprint density at radius 1 is 1.32 bits per heavy atom. The Morgan fingerprint density at radius 3 is 2.63 bits per heavy atom. The number of carboxylic acids is 1. The van der Waals surface area contributed by atoms with Crippen LogP contribution >= 0.6 is 0 Å². The number of sulfonamides is 1. The minimum Gasteiger partial charge on any atom is -0.480 e. The summed E-state index contributed by atoms with van der Waals surface area (Å²) in [4.78, 5) is 12.6. The number of rotatable bonds is 5. The van der Waals surface area contributed by atoms with Gasteiger partial charge >= 0.3 is 5.97 Å². The summed E-state index contributed by atoms with van der Waals surface area (Å²) in [7, 11) is -3.84. The van der Waals surface area contributed by atoms with Gasteiger partial charge in [0.05, 0.1) is 5.69 Å². The molecular formula is C12H16N2O4S. The lowest BCUT2D eigenvalue weighted by atomic mass is 10.2. The van der Waals surface area contributed by atoms with Crippen LogP contribution in [0, 0.1) is 0 Å². The molecule has 1 heterocycles. The van der Waals surface area contributed by atoms with Gasteiger partial charge in [0, 0.05) is 18.8 Å². The molecule has 6 nitrogen and oxygen atoms in total. The lowest BCUT2D eigenvalue weighted by molar-refractivity contribution is -0.134. The molecule has 0 saturated carbocycles. The van der Waals surface area contributed by atoms with Gasteiger partial charge in [0.1, 0.15) is 0 Å². The van der Waals surface area contributed by atoms with E-state index in [1.807, 2.05) is 6.07 Å². The maximum Gasteiger partial charge on any atom is 0.320 e. The number of hydrogen-bond acceptors (Lipinski definition) is 4. The molecule has 0 aromatic heterocycles. The first-order valence-electron chi connectivity index (χ1n) is 6.03. The summed E-state index contributed by atoms with van der Waals surface area (Å²) in [6.45, 7) is 1.93. The van der Waals surface area contributed by atoms with Gasteiger partial charge in [0.2, 0.25) is 10.0 Å². The van der Waals surface area contributed by atoms with Crippen molar-refractivity contribution >= 4 is 27.4 Å². The summed E-state index contributed by atoms with van der Waals surface area (Å²) >= 11 is 0. The van der Waals surface area contributed by atoms with E-state index >= 15 is 0 Å². The van der Waals surface area contributed by atoms with Gasteiger partial charge in [-0.1, -0.05) is 6.07 Å². The largest absolute Gasteiger partial charge is 0.480 e. The lowest BCUT2D eigenvalue weighted by Crippen LogP contribution is -2.23. The van der Waals surface area contributed by atoms with E-state index in [2.05, 4.69) is 9.62 Å². The molecule has 0 unspecified atom stereocenters. The molecule has 7 heteroatoms. The Labute approximate surface area is 112 Å². The summed E-state index contributed by atoms with van der Waals surface area (Å²) in [6.07, 6.45) is 2.27. The predicted octanol–water partition coefficient (Wildman–Crippen LogP) is 1.11. The average molecular weight is 284 g/mol. The van der Waals surface area contributed by atoms with Gasteiger partial charge < -0.3 is 10.0 Å². The van der Waals surface area contributed by atoms with Crippen molar-refractivity contribution in [3.63, 3.8) is 0 Å². The number of anilines is 2. The van der Waals surface area contributed by atoms with E-state index in [4.69, 9.17) is 5.11 Å². The molecule has 19 heavy (non-hydrogen) atoms. The fourth-order valence-electron chi connectivity index (χ4n) is 2.12. The van der Waals surface area contributed by atoms with E-state index in [9.17, 15) is 13.2 Å². The second kappa shape index (κ2) is 5.48. The second-order valence-corrected chi connectivity index (χ2v) is 6.22. The summed E-state index contributed by atoms with van der Waals surface area (Å²) < 4.78 is 25.4. The van der Waals surface area contributed by atoms with Gasteiger partial charge in [-0.15, -0.1) is 0 Å². The monoisotopic (exact) mass is 284 g/mol. The van der Waals surface area contributed by atoms with Crippen LogP contribution in [-0.2, 0) is 14.8 Å². The van der Waals surface area contributed by atoms with Gasteiger partial charge in [0.15, 0.2) is 5.75 Å². The van der Waals surface area contributed by atoms with Gasteiger partial charge in [-0.2, -0.15) is 0 Å². The summed E-state index contributed by atoms with van der Waals surface area (Å²) in [6, 6.07) is 7.01. The summed E-state index contributed by atoms with van der Waals surface area (Å²) in [5.41, 5.74) is 1.35. The highest BCUT2D eigenvalue weighted by Crippen LogP contribution is 2.23. The highest BCUT2D eigenvalue weighted by Gasteiger charge is 2.17. The van der Waals surface area contributed by atoms with Crippen molar-refractivity contribution in [2.45, 2.75) is 12.8 Å². The normalized spacial score (nSPS) is 15.5. The Morgan fingerprint density at radius 2 is 2.00 bits per heavy atom. The molecule has 0 radical (unpaired) electrons. The topological polar surface area (TPSA) is 86.7 Å². The number of carbonyl (C=O) groups is 1. The molecule has 1 fully saturated rings. The first kappa shape index (κ1) is 13.7. The number of nitrogens with one attached hydrogen (secondary N) is 1. The van der Waals surface area contributed by atoms with Crippen LogP contribution in [0.4, 0.5) is 11.4 Å². The minimum absolute atomic E-state index is 0.394. The van der Waals surface area contributed by atoms with Crippen molar-refractivity contribution in [3.05, 3.63) is 24.3 Å².